The predicted octanol–water partition coefficient (Wildman–Crippen LogP) is 2.40. The monoisotopic (exact) mass is 272 g/mol. The highest BCUT2D eigenvalue weighted by Gasteiger charge is 2.09. The van der Waals surface area contributed by atoms with Crippen LogP contribution in [0, 0.1) is 20.8 Å². The zero-order chi connectivity index (χ0) is 14.2. The summed E-state index contributed by atoms with van der Waals surface area (Å²) in [7, 11) is 0. The van der Waals surface area contributed by atoms with E-state index in [1.54, 1.807) is 12.3 Å². The molecule has 1 heterocycles. The maximum Gasteiger partial charge on any atom is 0.192 e. The normalized spacial score (nSPS) is 10.5. The Morgan fingerprint density at radius 1 is 1.26 bits per heavy atom. The first kappa shape index (κ1) is 13.5. The summed E-state index contributed by atoms with van der Waals surface area (Å²) in [5.74, 6) is 0. The van der Waals surface area contributed by atoms with E-state index in [0.717, 1.165) is 11.4 Å². The number of pyridine rings is 1. The molecule has 0 amide bonds. The topological polar surface area (TPSA) is 48.0 Å². The van der Waals surface area contributed by atoms with Gasteiger partial charge in [-0.25, -0.2) is 0 Å². The van der Waals surface area contributed by atoms with Gasteiger partial charge < -0.3 is 10.3 Å². The van der Waals surface area contributed by atoms with Gasteiger partial charge in [0, 0.05) is 23.6 Å². The number of hydrogen-bond acceptors (Lipinski definition) is 2. The fourth-order valence-electron chi connectivity index (χ4n) is 2.07. The van der Waals surface area contributed by atoms with E-state index in [-0.39, 0.29) is 10.4 Å². The van der Waals surface area contributed by atoms with Crippen molar-refractivity contribution < 1.29 is 0 Å². The molecule has 0 saturated carbocycles. The number of thiocarbonyl (C=S) groups is 1. The lowest BCUT2D eigenvalue weighted by Crippen LogP contribution is -2.23. The van der Waals surface area contributed by atoms with Crippen molar-refractivity contribution in [3.05, 3.63) is 63.1 Å². The fraction of sp³-hybridized carbons (Fsp3) is 0.200. The number of benzene rings is 1. The minimum atomic E-state index is -0.133. The Bertz CT molecular complexity index is 717. The molecule has 98 valence electrons. The van der Waals surface area contributed by atoms with E-state index in [1.807, 2.05) is 23.6 Å². The van der Waals surface area contributed by atoms with Crippen molar-refractivity contribution in [2.75, 3.05) is 0 Å². The largest absolute Gasteiger partial charge is 0.389 e. The van der Waals surface area contributed by atoms with Crippen LogP contribution in [-0.4, -0.2) is 9.56 Å². The second kappa shape index (κ2) is 4.97. The van der Waals surface area contributed by atoms with Gasteiger partial charge in [-0.05, 0) is 38.0 Å². The van der Waals surface area contributed by atoms with Crippen molar-refractivity contribution in [1.29, 1.82) is 0 Å². The van der Waals surface area contributed by atoms with Gasteiger partial charge in [-0.2, -0.15) is 0 Å². The molecule has 0 aliphatic rings. The van der Waals surface area contributed by atoms with Gasteiger partial charge in [0.25, 0.3) is 0 Å². The number of nitrogens with two attached hydrogens (primary N) is 1. The van der Waals surface area contributed by atoms with E-state index in [2.05, 4.69) is 19.9 Å². The lowest BCUT2D eigenvalue weighted by molar-refractivity contribution is 0.956. The Kier molecular flexibility index (Phi) is 3.53. The van der Waals surface area contributed by atoms with Crippen LogP contribution >= 0.6 is 12.2 Å². The Morgan fingerprint density at radius 2 is 1.95 bits per heavy atom. The first-order valence-corrected chi connectivity index (χ1v) is 6.42. The van der Waals surface area contributed by atoms with Crippen LogP contribution in [0.25, 0.3) is 5.69 Å². The van der Waals surface area contributed by atoms with Crippen molar-refractivity contribution in [2.24, 2.45) is 5.73 Å². The summed E-state index contributed by atoms with van der Waals surface area (Å²) in [6, 6.07) is 7.64. The minimum Gasteiger partial charge on any atom is -0.389 e. The molecule has 0 unspecified atom stereocenters. The summed E-state index contributed by atoms with van der Waals surface area (Å²) in [4.78, 5) is 12.0. The third-order valence-electron chi connectivity index (χ3n) is 3.34. The smallest absolute Gasteiger partial charge is 0.192 e. The van der Waals surface area contributed by atoms with Crippen LogP contribution in [0.1, 0.15) is 22.4 Å². The summed E-state index contributed by atoms with van der Waals surface area (Å²) in [6.07, 6.45) is 1.72. The molecule has 0 aliphatic heterocycles. The molecule has 0 bridgehead atoms. The standard InChI is InChI=1S/C15H16N2OS/c1-9-5-4-6-13(11(9)3)17-8-12(15(16)19)14(18)7-10(17)2/h4-8H,1-3H3,(H2,16,19). The predicted molar refractivity (Wildman–Crippen MR) is 82.1 cm³/mol. The van der Waals surface area contributed by atoms with Crippen LogP contribution in [0.2, 0.25) is 0 Å². The average molecular weight is 272 g/mol. The van der Waals surface area contributed by atoms with Crippen molar-refractivity contribution >= 4 is 17.2 Å². The molecule has 3 nitrogen and oxygen atoms in total. The van der Waals surface area contributed by atoms with Gasteiger partial charge in [-0.3, -0.25) is 4.79 Å². The SMILES string of the molecule is Cc1cccc(-n2cc(C(N)=S)c(=O)cc2C)c1C. The lowest BCUT2D eigenvalue weighted by atomic mass is 10.1. The molecule has 19 heavy (non-hydrogen) atoms. The molecule has 2 aromatic rings. The molecule has 0 spiro atoms. The van der Waals surface area contributed by atoms with Crippen LogP contribution < -0.4 is 11.2 Å². The van der Waals surface area contributed by atoms with Crippen molar-refractivity contribution in [3.8, 4) is 5.69 Å². The first-order chi connectivity index (χ1) is 8.91. The van der Waals surface area contributed by atoms with E-state index < -0.39 is 0 Å². The molecular formula is C15H16N2OS. The van der Waals surface area contributed by atoms with Crippen LogP contribution in [0.5, 0.6) is 0 Å². The highest BCUT2D eigenvalue weighted by Crippen LogP contribution is 2.18. The van der Waals surface area contributed by atoms with Crippen molar-refractivity contribution in [3.63, 3.8) is 0 Å². The first-order valence-electron chi connectivity index (χ1n) is 6.01. The summed E-state index contributed by atoms with van der Waals surface area (Å²) in [5.41, 5.74) is 10.1. The summed E-state index contributed by atoms with van der Waals surface area (Å²) < 4.78 is 1.96. The van der Waals surface area contributed by atoms with Crippen molar-refractivity contribution in [2.45, 2.75) is 20.8 Å². The maximum absolute atomic E-state index is 11.8. The molecule has 1 aromatic carbocycles. The van der Waals surface area contributed by atoms with Crippen molar-refractivity contribution in [1.82, 2.24) is 4.57 Å². The maximum atomic E-state index is 11.8. The molecule has 2 N–H and O–H groups in total. The molecule has 0 aliphatic carbocycles. The Balaban J connectivity index is 2.76. The molecular weight excluding hydrogens is 256 g/mol. The molecule has 0 saturated heterocycles. The van der Waals surface area contributed by atoms with Gasteiger partial charge in [0.05, 0.1) is 5.56 Å². The summed E-state index contributed by atoms with van der Waals surface area (Å²) in [5, 5.41) is 0. The van der Waals surface area contributed by atoms with Gasteiger partial charge in [-0.1, -0.05) is 24.4 Å². The van der Waals surface area contributed by atoms with E-state index in [0.29, 0.717) is 5.56 Å². The van der Waals surface area contributed by atoms with Crippen LogP contribution in [0.4, 0.5) is 0 Å². The zero-order valence-electron chi connectivity index (χ0n) is 11.2. The van der Waals surface area contributed by atoms with Crippen LogP contribution in [0.15, 0.2) is 35.3 Å². The van der Waals surface area contributed by atoms with Crippen LogP contribution in [-0.2, 0) is 0 Å². The fourth-order valence-corrected chi connectivity index (χ4v) is 2.23. The molecule has 0 fully saturated rings. The van der Waals surface area contributed by atoms with E-state index >= 15 is 0 Å². The molecule has 1 aromatic heterocycles. The summed E-state index contributed by atoms with van der Waals surface area (Å²) >= 11 is 4.93. The third kappa shape index (κ3) is 2.44. The quantitative estimate of drug-likeness (QED) is 0.854. The zero-order valence-corrected chi connectivity index (χ0v) is 12.0. The lowest BCUT2D eigenvalue weighted by Gasteiger charge is -2.16. The molecule has 2 rings (SSSR count). The second-order valence-electron chi connectivity index (χ2n) is 4.65. The van der Waals surface area contributed by atoms with Gasteiger partial charge in [0.2, 0.25) is 0 Å². The highest BCUT2D eigenvalue weighted by atomic mass is 32.1. The average Bonchev–Trinajstić information content (AvgIpc) is 2.33. The summed E-state index contributed by atoms with van der Waals surface area (Å²) in [6.45, 7) is 6.01. The number of aryl methyl sites for hydroxylation is 2. The van der Waals surface area contributed by atoms with E-state index in [4.69, 9.17) is 18.0 Å². The number of rotatable bonds is 2. The molecule has 0 radical (unpaired) electrons. The Hall–Kier alpha value is -1.94. The highest BCUT2D eigenvalue weighted by molar-refractivity contribution is 7.80. The number of nitrogens with zero attached hydrogens (tertiary/aromatic N) is 1. The van der Waals surface area contributed by atoms with Gasteiger partial charge in [-0.15, -0.1) is 0 Å². The third-order valence-corrected chi connectivity index (χ3v) is 3.56. The number of hydrogen-bond donors (Lipinski definition) is 1. The minimum absolute atomic E-state index is 0.129. The van der Waals surface area contributed by atoms with Gasteiger partial charge in [0.15, 0.2) is 5.43 Å². The number of aromatic nitrogens is 1. The molecule has 4 heteroatoms. The van der Waals surface area contributed by atoms with Gasteiger partial charge >= 0.3 is 0 Å². The Labute approximate surface area is 117 Å². The Morgan fingerprint density at radius 3 is 2.58 bits per heavy atom. The van der Waals surface area contributed by atoms with Crippen LogP contribution in [0.3, 0.4) is 0 Å². The van der Waals surface area contributed by atoms with E-state index in [9.17, 15) is 4.79 Å². The molecule has 0 atom stereocenters. The van der Waals surface area contributed by atoms with E-state index in [1.165, 1.54) is 11.1 Å². The van der Waals surface area contributed by atoms with Gasteiger partial charge in [0.1, 0.15) is 4.99 Å². The second-order valence-corrected chi connectivity index (χ2v) is 5.09.